The van der Waals surface area contributed by atoms with E-state index in [0.29, 0.717) is 11.2 Å². The fourth-order valence-electron chi connectivity index (χ4n) is 3.03. The topological polar surface area (TPSA) is 88.4 Å². The van der Waals surface area contributed by atoms with Crippen LogP contribution in [0.2, 0.25) is 10.4 Å². The van der Waals surface area contributed by atoms with Crippen LogP contribution in [-0.2, 0) is 19.0 Å². The van der Waals surface area contributed by atoms with E-state index in [9.17, 15) is 4.79 Å². The summed E-state index contributed by atoms with van der Waals surface area (Å²) in [4.78, 5) is 23.9. The van der Waals surface area contributed by atoms with Crippen molar-refractivity contribution in [1.29, 1.82) is 0 Å². The van der Waals surface area contributed by atoms with Gasteiger partial charge in [-0.15, -0.1) is 0 Å². The Morgan fingerprint density at radius 1 is 1.25 bits per heavy atom. The number of rotatable bonds is 2. The van der Waals surface area contributed by atoms with Crippen molar-refractivity contribution >= 4 is 51.2 Å². The first-order chi connectivity index (χ1) is 11.3. The third-order valence-electron chi connectivity index (χ3n) is 3.88. The van der Waals surface area contributed by atoms with Crippen molar-refractivity contribution in [3.63, 3.8) is 0 Å². The summed E-state index contributed by atoms with van der Waals surface area (Å²) in [5, 5.41) is -0.575. The average Bonchev–Trinajstić information content (AvgIpc) is 3.09. The quantitative estimate of drug-likeness (QED) is 0.439. The third kappa shape index (κ3) is 2.49. The fourth-order valence-corrected chi connectivity index (χ4v) is 3.62. The Hall–Kier alpha value is -1.03. The number of imidazole rings is 1. The summed E-state index contributed by atoms with van der Waals surface area (Å²) in [5.41, 5.74) is 0.722. The molecule has 2 aromatic heterocycles. The number of fused-ring (bicyclic) bond motifs is 2. The van der Waals surface area contributed by atoms with Crippen LogP contribution in [0.25, 0.3) is 11.2 Å². The van der Waals surface area contributed by atoms with Gasteiger partial charge < -0.3 is 14.2 Å². The number of halogens is 3. The molecule has 0 aromatic carbocycles. The maximum Gasteiger partial charge on any atom is 0.253 e. The summed E-state index contributed by atoms with van der Waals surface area (Å²) in [6.07, 6.45) is -1.43. The number of ether oxygens (including phenoxy) is 3. The molecule has 128 valence electrons. The van der Waals surface area contributed by atoms with E-state index in [2.05, 4.69) is 15.0 Å². The van der Waals surface area contributed by atoms with E-state index in [4.69, 9.17) is 49.0 Å². The van der Waals surface area contributed by atoms with E-state index in [1.165, 1.54) is 6.33 Å². The zero-order valence-electron chi connectivity index (χ0n) is 12.4. The molecular weight excluding hydrogens is 383 g/mol. The lowest BCUT2D eigenvalue weighted by Gasteiger charge is -2.23. The molecule has 0 N–H and O–H groups in total. The van der Waals surface area contributed by atoms with Crippen molar-refractivity contribution in [3.05, 3.63) is 16.8 Å². The van der Waals surface area contributed by atoms with Crippen molar-refractivity contribution in [2.75, 3.05) is 0 Å². The largest absolute Gasteiger partial charge is 0.341 e. The smallest absolute Gasteiger partial charge is 0.253 e. The molecule has 2 saturated heterocycles. The van der Waals surface area contributed by atoms with E-state index < -0.39 is 35.6 Å². The van der Waals surface area contributed by atoms with Gasteiger partial charge in [-0.3, -0.25) is 9.36 Å². The van der Waals surface area contributed by atoms with Crippen LogP contribution in [0, 0.1) is 0 Å². The second-order valence-electron chi connectivity index (χ2n) is 5.92. The highest BCUT2D eigenvalue weighted by Crippen LogP contribution is 2.44. The number of carbonyl (C=O) groups is 1. The van der Waals surface area contributed by atoms with Crippen molar-refractivity contribution < 1.29 is 19.0 Å². The van der Waals surface area contributed by atoms with Crippen LogP contribution >= 0.6 is 34.8 Å². The van der Waals surface area contributed by atoms with Gasteiger partial charge in [-0.2, -0.15) is 4.98 Å². The Balaban J connectivity index is 1.80. The first kappa shape index (κ1) is 16.4. The van der Waals surface area contributed by atoms with Gasteiger partial charge in [0.05, 0.1) is 6.33 Å². The van der Waals surface area contributed by atoms with Crippen LogP contribution < -0.4 is 0 Å². The lowest BCUT2D eigenvalue weighted by Crippen LogP contribution is -2.33. The molecule has 2 fully saturated rings. The van der Waals surface area contributed by atoms with E-state index >= 15 is 0 Å². The number of hydrogen-bond acceptors (Lipinski definition) is 7. The minimum Gasteiger partial charge on any atom is -0.341 e. The zero-order chi connectivity index (χ0) is 17.2. The highest BCUT2D eigenvalue weighted by Gasteiger charge is 2.58. The number of carbonyl (C=O) groups excluding carboxylic acids is 1. The van der Waals surface area contributed by atoms with Gasteiger partial charge in [0, 0.05) is 0 Å². The molecule has 2 aromatic rings. The van der Waals surface area contributed by atoms with E-state index in [1.807, 2.05) is 0 Å². The maximum absolute atomic E-state index is 11.7. The summed E-state index contributed by atoms with van der Waals surface area (Å²) < 4.78 is 19.0. The molecule has 0 aliphatic carbocycles. The normalized spacial score (nSPS) is 31.5. The van der Waals surface area contributed by atoms with E-state index in [-0.39, 0.29) is 10.4 Å². The predicted octanol–water partition coefficient (Wildman–Crippen LogP) is 2.32. The van der Waals surface area contributed by atoms with Crippen LogP contribution in [0.5, 0.6) is 0 Å². The molecule has 4 atom stereocenters. The molecule has 2 aliphatic rings. The van der Waals surface area contributed by atoms with Crippen LogP contribution in [0.4, 0.5) is 0 Å². The Morgan fingerprint density at radius 3 is 2.67 bits per heavy atom. The average molecular weight is 394 g/mol. The van der Waals surface area contributed by atoms with Gasteiger partial charge in [-0.1, -0.05) is 11.6 Å². The molecule has 2 aliphatic heterocycles. The minimum absolute atomic E-state index is 0.0299. The second-order valence-corrected chi connectivity index (χ2v) is 6.99. The molecule has 0 amide bonds. The molecule has 0 bridgehead atoms. The lowest BCUT2D eigenvalue weighted by atomic mass is 10.1. The van der Waals surface area contributed by atoms with Gasteiger partial charge in [-0.25, -0.2) is 9.97 Å². The highest BCUT2D eigenvalue weighted by atomic mass is 35.5. The van der Waals surface area contributed by atoms with Crippen LogP contribution in [-0.4, -0.2) is 48.9 Å². The molecule has 0 unspecified atom stereocenters. The summed E-state index contributed by atoms with van der Waals surface area (Å²) in [7, 11) is 0. The Kier molecular flexibility index (Phi) is 3.76. The molecule has 8 nitrogen and oxygen atoms in total. The number of aromatic nitrogens is 4. The van der Waals surface area contributed by atoms with Crippen molar-refractivity contribution in [1.82, 2.24) is 19.5 Å². The van der Waals surface area contributed by atoms with Crippen LogP contribution in [0.15, 0.2) is 6.33 Å². The Bertz CT molecular complexity index is 842. The zero-order valence-corrected chi connectivity index (χ0v) is 14.7. The van der Waals surface area contributed by atoms with Crippen molar-refractivity contribution in [3.8, 4) is 0 Å². The van der Waals surface area contributed by atoms with Gasteiger partial charge in [0.2, 0.25) is 5.28 Å². The lowest BCUT2D eigenvalue weighted by molar-refractivity contribution is -0.195. The maximum atomic E-state index is 11.7. The third-order valence-corrected chi connectivity index (χ3v) is 4.53. The summed E-state index contributed by atoms with van der Waals surface area (Å²) in [5.74, 6) is -0.872. The minimum atomic E-state index is -0.964. The highest BCUT2D eigenvalue weighted by molar-refractivity contribution is 6.64. The molecule has 0 radical (unpaired) electrons. The predicted molar refractivity (Wildman–Crippen MR) is 83.9 cm³/mol. The SMILES string of the molecule is CC1(C)O[C@@H]2[C@H](O1)[C@@H](C(=O)Cl)O[C@H]2n1cnc2c(Cl)nc(Cl)nc21. The van der Waals surface area contributed by atoms with Crippen molar-refractivity contribution in [2.45, 2.75) is 44.2 Å². The molecule has 24 heavy (non-hydrogen) atoms. The Morgan fingerprint density at radius 2 is 1.96 bits per heavy atom. The van der Waals surface area contributed by atoms with Gasteiger partial charge in [-0.05, 0) is 37.0 Å². The molecule has 11 heteroatoms. The standard InChI is InChI=1S/C13H11Cl3N4O4/c1-13(2)23-5-6(9(15)21)22-11(7(5)24-13)20-3-17-4-8(14)18-12(16)19-10(4)20/h3,5-7,11H,1-2H3/t5-,6+,7-,11-/m1/s1. The molecule has 0 spiro atoms. The van der Waals surface area contributed by atoms with E-state index in [0.717, 1.165) is 0 Å². The summed E-state index contributed by atoms with van der Waals surface area (Å²) >= 11 is 17.6. The molecule has 0 saturated carbocycles. The molecule has 4 rings (SSSR count). The van der Waals surface area contributed by atoms with Gasteiger partial charge in [0.1, 0.15) is 17.7 Å². The summed E-state index contributed by atoms with van der Waals surface area (Å²) in [6, 6.07) is 0. The molecule has 4 heterocycles. The van der Waals surface area contributed by atoms with E-state index in [1.54, 1.807) is 18.4 Å². The first-order valence-electron chi connectivity index (χ1n) is 7.03. The monoisotopic (exact) mass is 392 g/mol. The fraction of sp³-hybridized carbons (Fsp3) is 0.538. The Labute approximate surface area is 151 Å². The van der Waals surface area contributed by atoms with Crippen LogP contribution in [0.3, 0.4) is 0 Å². The molecular formula is C13H11Cl3N4O4. The first-order valence-corrected chi connectivity index (χ1v) is 8.16. The van der Waals surface area contributed by atoms with Gasteiger partial charge >= 0.3 is 0 Å². The number of nitrogens with zero attached hydrogens (tertiary/aromatic N) is 4. The van der Waals surface area contributed by atoms with Crippen LogP contribution in [0.1, 0.15) is 20.1 Å². The van der Waals surface area contributed by atoms with Gasteiger partial charge in [0.15, 0.2) is 28.9 Å². The van der Waals surface area contributed by atoms with Gasteiger partial charge in [0.25, 0.3) is 5.24 Å². The number of hydrogen-bond donors (Lipinski definition) is 0. The summed E-state index contributed by atoms with van der Waals surface area (Å²) in [6.45, 7) is 3.50. The van der Waals surface area contributed by atoms with Crippen molar-refractivity contribution in [2.24, 2.45) is 0 Å². The second kappa shape index (κ2) is 5.48.